The van der Waals surface area contributed by atoms with E-state index >= 15 is 0 Å². The van der Waals surface area contributed by atoms with Crippen molar-refractivity contribution in [2.75, 3.05) is 81.8 Å². The number of thioether (sulfide) groups is 1. The molecule has 0 spiro atoms. The van der Waals surface area contributed by atoms with E-state index in [2.05, 4.69) is 41.9 Å². The van der Waals surface area contributed by atoms with Crippen LogP contribution in [0.3, 0.4) is 0 Å². The number of nitrogens with zero attached hydrogens (tertiary/aromatic N) is 4. The van der Waals surface area contributed by atoms with Crippen molar-refractivity contribution in [2.24, 2.45) is 11.7 Å². The number of thiophene rings is 1. The summed E-state index contributed by atoms with van der Waals surface area (Å²) >= 11 is 3.06. The summed E-state index contributed by atoms with van der Waals surface area (Å²) in [6.07, 6.45) is 12.8. The first-order chi connectivity index (χ1) is 38.0. The number of nitrogens with one attached hydrogen (secondary N) is 6. The van der Waals surface area contributed by atoms with Gasteiger partial charge in [0.05, 0.1) is 61.5 Å². The molecule has 4 aliphatic rings. The van der Waals surface area contributed by atoms with E-state index in [4.69, 9.17) is 24.7 Å². The minimum absolute atomic E-state index is 0.0431. The van der Waals surface area contributed by atoms with Crippen molar-refractivity contribution < 1.29 is 52.5 Å². The molecule has 8 rings (SSSR count). The van der Waals surface area contributed by atoms with Crippen molar-refractivity contribution >= 4 is 92.1 Å². The number of aromatic nitrogens is 2. The summed E-state index contributed by atoms with van der Waals surface area (Å²) < 4.78 is 22.7. The van der Waals surface area contributed by atoms with Gasteiger partial charge in [-0.1, -0.05) is 30.7 Å². The summed E-state index contributed by atoms with van der Waals surface area (Å²) in [5, 5.41) is 18.6. The standard InChI is InChI=1S/C54H69N11O11S2/c55-50(69)35(10-8-26-73-28-30-75-31-29-74-27-9-23-57-43(66)15-5-4-14-41-47-39(34-77-41)61-53(71)62-47)17-20-44(67)56-22-6-16-45(68)64-25-7-11-36(33-64)60-51(70)49-48-46-40(21-24-58-52(46)78-49)65(54(72)63-48)42-19-18-38(32-59-42)76-37-12-2-1-3-13-37/h1-3,6,12-13,16,18-19,21,24,32,35-36,39,41,47H,4-5,7-11,14-15,17,20,22-23,25-31,33-34H2,(H2,55,69)(H,56,67)(H,57,66)(H,60,70)(H,63,72)(H2,61,62,71)/b16-6+/t35?,36?,39-,41-,47-/m1/s1. The van der Waals surface area contributed by atoms with Gasteiger partial charge in [0, 0.05) is 87.5 Å². The number of unbranched alkanes of at least 4 members (excludes halogenated alkanes) is 1. The van der Waals surface area contributed by atoms with Crippen LogP contribution in [0, 0.1) is 5.92 Å². The molecule has 78 heavy (non-hydrogen) atoms. The predicted octanol–water partition coefficient (Wildman–Crippen LogP) is 5.50. The van der Waals surface area contributed by atoms with Gasteiger partial charge in [-0.15, -0.1) is 11.3 Å². The van der Waals surface area contributed by atoms with Gasteiger partial charge in [0.15, 0.2) is 0 Å². The second-order valence-corrected chi connectivity index (χ2v) is 21.6. The summed E-state index contributed by atoms with van der Waals surface area (Å²) in [6, 6.07) is 13.9. The van der Waals surface area contributed by atoms with Crippen molar-refractivity contribution in [1.29, 1.82) is 0 Å². The number of anilines is 3. The van der Waals surface area contributed by atoms with Crippen LogP contribution in [-0.2, 0) is 33.4 Å². The number of amides is 9. The number of piperidine rings is 1. The quantitative estimate of drug-likeness (QED) is 0.0186. The third-order valence-corrected chi connectivity index (χ3v) is 16.3. The number of benzene rings is 1. The van der Waals surface area contributed by atoms with E-state index < -0.39 is 17.9 Å². The molecule has 0 saturated carbocycles. The van der Waals surface area contributed by atoms with Crippen molar-refractivity contribution in [1.82, 2.24) is 41.5 Å². The van der Waals surface area contributed by atoms with Crippen LogP contribution in [0.5, 0.6) is 11.5 Å². The average Bonchev–Trinajstić information content (AvgIpc) is 4.25. The zero-order valence-corrected chi connectivity index (χ0v) is 45.2. The normalized spacial score (nSPS) is 19.0. The van der Waals surface area contributed by atoms with E-state index in [-0.39, 0.29) is 73.7 Å². The highest BCUT2D eigenvalue weighted by molar-refractivity contribution is 8.00. The molecule has 9 amide bonds. The maximum absolute atomic E-state index is 13.8. The largest absolute Gasteiger partial charge is 0.456 e. The van der Waals surface area contributed by atoms with Crippen LogP contribution < -0.4 is 47.3 Å². The molecule has 0 radical (unpaired) electrons. The van der Waals surface area contributed by atoms with Gasteiger partial charge < -0.3 is 61.5 Å². The highest BCUT2D eigenvalue weighted by Crippen LogP contribution is 2.45. The van der Waals surface area contributed by atoms with Crippen LogP contribution >= 0.6 is 23.1 Å². The second-order valence-electron chi connectivity index (χ2n) is 19.3. The van der Waals surface area contributed by atoms with Crippen LogP contribution in [-0.4, -0.2) is 151 Å². The molecule has 3 aromatic heterocycles. The number of nitrogens with two attached hydrogens (primary N) is 1. The number of para-hydroxylation sites is 1. The maximum atomic E-state index is 13.8. The van der Waals surface area contributed by atoms with Crippen LogP contribution in [0.1, 0.15) is 80.3 Å². The minimum atomic E-state index is -0.490. The lowest BCUT2D eigenvalue weighted by Crippen LogP contribution is -2.49. The van der Waals surface area contributed by atoms with E-state index in [0.29, 0.717) is 140 Å². The first kappa shape index (κ1) is 57.3. The number of pyridine rings is 2. The number of carbonyl (C=O) groups excluding carboxylic acids is 7. The molecule has 1 aromatic carbocycles. The van der Waals surface area contributed by atoms with E-state index in [0.717, 1.165) is 25.0 Å². The Morgan fingerprint density at radius 2 is 1.63 bits per heavy atom. The second kappa shape index (κ2) is 29.2. The highest BCUT2D eigenvalue weighted by Gasteiger charge is 2.42. The van der Waals surface area contributed by atoms with Gasteiger partial charge >= 0.3 is 12.1 Å². The molecule has 0 aliphatic carbocycles. The predicted molar refractivity (Wildman–Crippen MR) is 296 cm³/mol. The van der Waals surface area contributed by atoms with Crippen molar-refractivity contribution in [2.45, 2.75) is 94.0 Å². The molecule has 24 heteroatoms. The summed E-state index contributed by atoms with van der Waals surface area (Å²) in [5.41, 5.74) is 6.54. The van der Waals surface area contributed by atoms with Gasteiger partial charge in [-0.3, -0.25) is 24.0 Å². The topological polar surface area (TPSA) is 287 Å². The van der Waals surface area contributed by atoms with E-state index in [1.807, 2.05) is 42.1 Å². The molecule has 3 fully saturated rings. The van der Waals surface area contributed by atoms with Gasteiger partial charge in [0.25, 0.3) is 5.91 Å². The Bertz CT molecular complexity index is 2730. The van der Waals surface area contributed by atoms with Gasteiger partial charge in [-0.25, -0.2) is 24.5 Å². The summed E-state index contributed by atoms with van der Waals surface area (Å²) in [6.45, 7) is 4.00. The number of fused-ring (bicyclic) bond motifs is 1. The number of ether oxygens (including phenoxy) is 4. The van der Waals surface area contributed by atoms with Gasteiger partial charge in [0.1, 0.15) is 27.0 Å². The van der Waals surface area contributed by atoms with Crippen molar-refractivity contribution in [3.05, 3.63) is 78.0 Å². The van der Waals surface area contributed by atoms with Crippen LogP contribution in [0.15, 0.2) is 73.1 Å². The molecule has 7 heterocycles. The summed E-state index contributed by atoms with van der Waals surface area (Å²) in [7, 11) is 0. The third kappa shape index (κ3) is 16.3. The minimum Gasteiger partial charge on any atom is -0.456 e. The molecule has 418 valence electrons. The number of urea groups is 2. The number of hydrogen-bond donors (Lipinski definition) is 7. The van der Waals surface area contributed by atoms with Crippen LogP contribution in [0.25, 0.3) is 10.2 Å². The third-order valence-electron chi connectivity index (χ3n) is 13.7. The van der Waals surface area contributed by atoms with Gasteiger partial charge in [-0.05, 0) is 81.7 Å². The Morgan fingerprint density at radius 1 is 0.846 bits per heavy atom. The average molecular weight is 1110 g/mol. The monoisotopic (exact) mass is 1110 g/mol. The van der Waals surface area contributed by atoms with Crippen LogP contribution in [0.4, 0.5) is 26.8 Å². The first-order valence-electron chi connectivity index (χ1n) is 26.7. The Morgan fingerprint density at radius 3 is 2.41 bits per heavy atom. The molecular weight excluding hydrogens is 1040 g/mol. The lowest BCUT2D eigenvalue weighted by molar-refractivity contribution is -0.127. The van der Waals surface area contributed by atoms with Crippen molar-refractivity contribution in [3.63, 3.8) is 0 Å². The van der Waals surface area contributed by atoms with E-state index in [1.165, 1.54) is 28.5 Å². The number of likely N-dealkylation sites (tertiary alicyclic amines) is 1. The van der Waals surface area contributed by atoms with Crippen molar-refractivity contribution in [3.8, 4) is 11.5 Å². The molecule has 4 aliphatic heterocycles. The molecular formula is C54H69N11O11S2. The molecule has 22 nitrogen and oxygen atoms in total. The number of carbonyl (C=O) groups is 7. The zero-order chi connectivity index (χ0) is 54.6. The smallest absolute Gasteiger partial charge is 0.332 e. The Balaban J connectivity index is 0.642. The first-order valence-corrected chi connectivity index (χ1v) is 28.6. The Labute approximate surface area is 461 Å². The molecule has 2 unspecified atom stereocenters. The van der Waals surface area contributed by atoms with E-state index in [1.54, 1.807) is 35.4 Å². The SMILES string of the molecule is NC(=O)C(CCCOCCOCCOCCCNC(=O)CCCC[C@H]1SC[C@H]2NC(=O)N[C@H]21)CCC(=O)NC/C=C/C(=O)N1CCCC(NC(=O)c2sc3nccc4c3c2NC(=O)N4c2ccc(Oc3ccccc3)cn2)C1. The number of rotatable bonds is 31. The molecule has 4 aromatic rings. The molecule has 0 bridgehead atoms. The summed E-state index contributed by atoms with van der Waals surface area (Å²) in [5.74, 6) is 0.614. The maximum Gasteiger partial charge on any atom is 0.332 e. The fourth-order valence-corrected chi connectivity index (χ4v) is 12.3. The lowest BCUT2D eigenvalue weighted by atomic mass is 9.97. The number of primary amides is 1. The summed E-state index contributed by atoms with van der Waals surface area (Å²) in [4.78, 5) is 102. The van der Waals surface area contributed by atoms with E-state index in [9.17, 15) is 33.6 Å². The molecule has 5 atom stereocenters. The molecule has 8 N–H and O–H groups in total. The Kier molecular flexibility index (Phi) is 21.5. The Hall–Kier alpha value is -6.86. The highest BCUT2D eigenvalue weighted by atomic mass is 32.2. The fourth-order valence-electron chi connectivity index (χ4n) is 9.71. The molecule has 3 saturated heterocycles. The fraction of sp³-hybridized carbons (Fsp3) is 0.500. The number of hydrogen-bond acceptors (Lipinski definition) is 15. The van der Waals surface area contributed by atoms with Gasteiger partial charge in [0.2, 0.25) is 23.6 Å². The zero-order valence-electron chi connectivity index (χ0n) is 43.5. The van der Waals surface area contributed by atoms with Gasteiger partial charge in [-0.2, -0.15) is 11.8 Å². The van der Waals surface area contributed by atoms with Crippen LogP contribution in [0.2, 0.25) is 0 Å². The lowest BCUT2D eigenvalue weighted by Gasteiger charge is -2.32.